The Bertz CT molecular complexity index is 568. The smallest absolute Gasteiger partial charge is 0.343 e. The molecule has 0 fully saturated rings. The van der Waals surface area contributed by atoms with Crippen molar-refractivity contribution in [3.8, 4) is 0 Å². The maximum absolute atomic E-state index is 12.5. The second-order valence-electron chi connectivity index (χ2n) is 3.52. The normalized spacial score (nSPS) is 11.7. The van der Waals surface area contributed by atoms with Crippen LogP contribution in [0.15, 0.2) is 30.5 Å². The summed E-state index contributed by atoms with van der Waals surface area (Å²) < 4.78 is 38.1. The summed E-state index contributed by atoms with van der Waals surface area (Å²) in [5, 5.41) is 0. The molecule has 0 amide bonds. The molecule has 1 aromatic heterocycles. The first-order valence-electron chi connectivity index (χ1n) is 4.79. The summed E-state index contributed by atoms with van der Waals surface area (Å²) in [4.78, 5) is 3.77. The lowest BCUT2D eigenvalue weighted by molar-refractivity contribution is -0.137. The van der Waals surface area contributed by atoms with Crippen LogP contribution in [0, 0.1) is 3.95 Å². The number of thiazole rings is 1. The highest BCUT2D eigenvalue weighted by atomic mass is 32.1. The average molecular weight is 275 g/mol. The Kier molecular flexibility index (Phi) is 3.35. The van der Waals surface area contributed by atoms with E-state index >= 15 is 0 Å². The van der Waals surface area contributed by atoms with Crippen molar-refractivity contribution < 1.29 is 13.2 Å². The molecule has 0 saturated heterocycles. The van der Waals surface area contributed by atoms with Gasteiger partial charge in [-0.05, 0) is 23.8 Å². The van der Waals surface area contributed by atoms with E-state index in [1.165, 1.54) is 23.5 Å². The Balaban J connectivity index is 2.25. The molecule has 1 heterocycles. The third-order valence-electron chi connectivity index (χ3n) is 2.21. The standard InChI is InChI=1S/C11H8F3NS2/c12-11(13,14)8-3-1-2-7(4-8)5-9-6-15-10(16)17-9/h1-4,6H,5H2,(H,15,16). The molecule has 6 heteroatoms. The summed E-state index contributed by atoms with van der Waals surface area (Å²) in [5.74, 6) is 0. The van der Waals surface area contributed by atoms with Crippen molar-refractivity contribution in [2.45, 2.75) is 12.6 Å². The van der Waals surface area contributed by atoms with Crippen molar-refractivity contribution in [3.05, 3.63) is 50.4 Å². The molecule has 1 N–H and O–H groups in total. The maximum Gasteiger partial charge on any atom is 0.416 e. The molecule has 17 heavy (non-hydrogen) atoms. The largest absolute Gasteiger partial charge is 0.416 e. The third-order valence-corrected chi connectivity index (χ3v) is 3.40. The van der Waals surface area contributed by atoms with E-state index in [4.69, 9.17) is 12.2 Å². The number of rotatable bonds is 2. The van der Waals surface area contributed by atoms with Gasteiger partial charge in [-0.15, -0.1) is 11.3 Å². The molecule has 1 aromatic carbocycles. The van der Waals surface area contributed by atoms with Gasteiger partial charge in [-0.3, -0.25) is 0 Å². The molecular formula is C11H8F3NS2. The molecule has 0 bridgehead atoms. The van der Waals surface area contributed by atoms with Crippen LogP contribution in [0.2, 0.25) is 0 Å². The molecule has 0 aliphatic carbocycles. The number of hydrogen-bond donors (Lipinski definition) is 1. The van der Waals surface area contributed by atoms with Crippen molar-refractivity contribution in [2.24, 2.45) is 0 Å². The predicted octanol–water partition coefficient (Wildman–Crippen LogP) is 4.42. The summed E-state index contributed by atoms with van der Waals surface area (Å²) in [6.45, 7) is 0. The summed E-state index contributed by atoms with van der Waals surface area (Å²) >= 11 is 6.29. The van der Waals surface area contributed by atoms with Gasteiger partial charge in [0.2, 0.25) is 0 Å². The molecule has 1 nitrogen and oxygen atoms in total. The van der Waals surface area contributed by atoms with Gasteiger partial charge in [-0.25, -0.2) is 0 Å². The van der Waals surface area contributed by atoms with Gasteiger partial charge in [0, 0.05) is 17.5 Å². The second kappa shape index (κ2) is 4.62. The highest BCUT2D eigenvalue weighted by molar-refractivity contribution is 7.73. The van der Waals surface area contributed by atoms with Gasteiger partial charge >= 0.3 is 6.18 Å². The highest BCUT2D eigenvalue weighted by Gasteiger charge is 2.30. The lowest BCUT2D eigenvalue weighted by atomic mass is 10.1. The average Bonchev–Trinajstić information content (AvgIpc) is 2.63. The van der Waals surface area contributed by atoms with E-state index in [0.29, 0.717) is 15.9 Å². The van der Waals surface area contributed by atoms with E-state index in [-0.39, 0.29) is 0 Å². The van der Waals surface area contributed by atoms with Crippen LogP contribution in [0.3, 0.4) is 0 Å². The fourth-order valence-electron chi connectivity index (χ4n) is 1.46. The molecule has 2 aromatic rings. The Morgan fingerprint density at radius 2 is 2.06 bits per heavy atom. The number of benzene rings is 1. The molecule has 0 atom stereocenters. The molecule has 0 radical (unpaired) electrons. The maximum atomic E-state index is 12.5. The zero-order chi connectivity index (χ0) is 12.5. The lowest BCUT2D eigenvalue weighted by Crippen LogP contribution is -2.05. The molecule has 0 spiro atoms. The number of nitrogens with one attached hydrogen (secondary N) is 1. The molecule has 0 saturated carbocycles. The second-order valence-corrected chi connectivity index (χ2v) is 5.32. The van der Waals surface area contributed by atoms with E-state index in [1.807, 2.05) is 0 Å². The SMILES string of the molecule is FC(F)(F)c1cccc(Cc2c[nH]c(=S)s2)c1. The molecule has 2 rings (SSSR count). The Morgan fingerprint density at radius 1 is 1.29 bits per heavy atom. The van der Waals surface area contributed by atoms with E-state index in [0.717, 1.165) is 10.9 Å². The Labute approximate surface area is 105 Å². The molecule has 0 aliphatic rings. The first-order valence-corrected chi connectivity index (χ1v) is 6.01. The van der Waals surface area contributed by atoms with E-state index in [9.17, 15) is 13.2 Å². The van der Waals surface area contributed by atoms with Gasteiger partial charge in [0.15, 0.2) is 3.95 Å². The molecule has 90 valence electrons. The van der Waals surface area contributed by atoms with E-state index in [1.54, 1.807) is 12.3 Å². The Hall–Kier alpha value is -1.14. The van der Waals surface area contributed by atoms with Gasteiger partial charge in [-0.2, -0.15) is 13.2 Å². The first-order chi connectivity index (χ1) is 7.95. The van der Waals surface area contributed by atoms with Crippen molar-refractivity contribution in [1.82, 2.24) is 4.98 Å². The minimum absolute atomic E-state index is 0.460. The van der Waals surface area contributed by atoms with Crippen molar-refractivity contribution in [1.29, 1.82) is 0 Å². The van der Waals surface area contributed by atoms with Gasteiger partial charge in [0.25, 0.3) is 0 Å². The van der Waals surface area contributed by atoms with Crippen LogP contribution in [0.1, 0.15) is 16.0 Å². The predicted molar refractivity (Wildman–Crippen MR) is 63.8 cm³/mol. The number of aromatic nitrogens is 1. The van der Waals surface area contributed by atoms with Gasteiger partial charge in [-0.1, -0.05) is 18.2 Å². The lowest BCUT2D eigenvalue weighted by Gasteiger charge is -2.07. The number of H-pyrrole nitrogens is 1. The third kappa shape index (κ3) is 3.17. The number of aromatic amines is 1. The summed E-state index contributed by atoms with van der Waals surface area (Å²) in [6.07, 6.45) is -2.10. The fourth-order valence-corrected chi connectivity index (χ4v) is 2.56. The van der Waals surface area contributed by atoms with Gasteiger partial charge in [0.05, 0.1) is 5.56 Å². The van der Waals surface area contributed by atoms with Gasteiger partial charge in [0.1, 0.15) is 0 Å². The van der Waals surface area contributed by atoms with E-state index in [2.05, 4.69) is 4.98 Å². The van der Waals surface area contributed by atoms with Crippen LogP contribution in [0.4, 0.5) is 13.2 Å². The number of halogens is 3. The van der Waals surface area contributed by atoms with Crippen molar-refractivity contribution in [3.63, 3.8) is 0 Å². The van der Waals surface area contributed by atoms with Crippen molar-refractivity contribution in [2.75, 3.05) is 0 Å². The minimum atomic E-state index is -4.29. The highest BCUT2D eigenvalue weighted by Crippen LogP contribution is 2.30. The number of alkyl halides is 3. The Morgan fingerprint density at radius 3 is 2.65 bits per heavy atom. The molecular weight excluding hydrogens is 267 g/mol. The van der Waals surface area contributed by atoms with Crippen LogP contribution in [-0.2, 0) is 12.6 Å². The van der Waals surface area contributed by atoms with Crippen LogP contribution < -0.4 is 0 Å². The summed E-state index contributed by atoms with van der Waals surface area (Å²) in [7, 11) is 0. The zero-order valence-electron chi connectivity index (χ0n) is 8.54. The summed E-state index contributed by atoms with van der Waals surface area (Å²) in [5.41, 5.74) is 0.0132. The van der Waals surface area contributed by atoms with Crippen LogP contribution in [-0.4, -0.2) is 4.98 Å². The van der Waals surface area contributed by atoms with Crippen molar-refractivity contribution >= 4 is 23.6 Å². The molecule has 0 aliphatic heterocycles. The van der Waals surface area contributed by atoms with Crippen LogP contribution >= 0.6 is 23.6 Å². The van der Waals surface area contributed by atoms with Gasteiger partial charge < -0.3 is 4.98 Å². The zero-order valence-corrected chi connectivity index (χ0v) is 10.2. The minimum Gasteiger partial charge on any atom is -0.343 e. The molecule has 0 unspecified atom stereocenters. The number of hydrogen-bond acceptors (Lipinski definition) is 2. The summed E-state index contributed by atoms with van der Waals surface area (Å²) in [6, 6.07) is 5.34. The van der Waals surface area contributed by atoms with E-state index < -0.39 is 11.7 Å². The monoisotopic (exact) mass is 275 g/mol. The van der Waals surface area contributed by atoms with Crippen LogP contribution in [0.5, 0.6) is 0 Å². The van der Waals surface area contributed by atoms with Crippen LogP contribution in [0.25, 0.3) is 0 Å². The topological polar surface area (TPSA) is 15.8 Å². The first kappa shape index (κ1) is 12.3. The quantitative estimate of drug-likeness (QED) is 0.802. The fraction of sp³-hybridized carbons (Fsp3) is 0.182.